The number of carbonyl (C=O) groups excluding carboxylic acids is 1. The Kier molecular flexibility index (Phi) is 8.41. The van der Waals surface area contributed by atoms with E-state index in [9.17, 15) is 18.0 Å². The van der Waals surface area contributed by atoms with Gasteiger partial charge in [0.15, 0.2) is 5.11 Å². The molecule has 1 aromatic rings. The van der Waals surface area contributed by atoms with E-state index >= 15 is 0 Å². The second-order valence-electron chi connectivity index (χ2n) is 11.6. The van der Waals surface area contributed by atoms with Crippen LogP contribution < -0.4 is 10.2 Å². The van der Waals surface area contributed by atoms with Crippen LogP contribution in [0.2, 0.25) is 0 Å². The molecule has 2 aliphatic heterocycles. The lowest BCUT2D eigenvalue weighted by Gasteiger charge is -2.41. The van der Waals surface area contributed by atoms with Crippen LogP contribution in [0.25, 0.3) is 0 Å². The van der Waals surface area contributed by atoms with Gasteiger partial charge in [0.05, 0.1) is 29.0 Å². The molecule has 38 heavy (non-hydrogen) atoms. The van der Waals surface area contributed by atoms with E-state index < -0.39 is 22.8 Å². The quantitative estimate of drug-likeness (QED) is 0.453. The number of hydrogen-bond donors (Lipinski definition) is 1. The zero-order chi connectivity index (χ0) is 27.8. The van der Waals surface area contributed by atoms with Gasteiger partial charge in [-0.25, -0.2) is 0 Å². The van der Waals surface area contributed by atoms with Crippen LogP contribution in [0.15, 0.2) is 18.2 Å². The fourth-order valence-corrected chi connectivity index (χ4v) is 7.04. The Balaban J connectivity index is 1.39. The molecule has 10 heteroatoms. The van der Waals surface area contributed by atoms with E-state index in [0.29, 0.717) is 18.0 Å². The molecule has 4 rings (SSSR count). The molecule has 1 aliphatic carbocycles. The standard InChI is InChI=1S/C28H37F3N4O2S/c1-17-13-19(14-18(2)33-17)11-12-37-23-9-7-21(8-10-23)35-26(38)34(25(36)27(35,3)4)22-6-5-20(16-32)24(15-22)28(29,30)31/h5-6,15,17-19,21,23,33H,7-14H2,1-4H3/t17-,18+,19?,21?,23?. The number of amides is 1. The molecule has 1 aromatic carbocycles. The van der Waals surface area contributed by atoms with Crippen molar-refractivity contribution in [2.24, 2.45) is 5.92 Å². The molecule has 0 radical (unpaired) electrons. The maximum Gasteiger partial charge on any atom is 0.417 e. The fourth-order valence-electron chi connectivity index (χ4n) is 6.48. The normalized spacial score (nSPS) is 30.0. The molecular formula is C28H37F3N4O2S. The Bertz CT molecular complexity index is 1080. The Morgan fingerprint density at radius 1 is 1.16 bits per heavy atom. The molecule has 0 aromatic heterocycles. The molecule has 0 bridgehead atoms. The summed E-state index contributed by atoms with van der Waals surface area (Å²) in [4.78, 5) is 16.5. The van der Waals surface area contributed by atoms with Crippen LogP contribution in [-0.4, -0.2) is 52.3 Å². The van der Waals surface area contributed by atoms with Crippen LogP contribution in [0.3, 0.4) is 0 Å². The van der Waals surface area contributed by atoms with Gasteiger partial charge in [-0.3, -0.25) is 9.69 Å². The largest absolute Gasteiger partial charge is 0.417 e. The fraction of sp³-hybridized carbons (Fsp3) is 0.679. The number of nitrogens with zero attached hydrogens (tertiary/aromatic N) is 3. The van der Waals surface area contributed by atoms with Crippen molar-refractivity contribution >= 4 is 28.9 Å². The molecule has 2 saturated heterocycles. The number of benzene rings is 1. The van der Waals surface area contributed by atoms with Crippen LogP contribution in [0, 0.1) is 17.2 Å². The number of hydrogen-bond acceptors (Lipinski definition) is 5. The number of rotatable bonds is 6. The first kappa shape index (κ1) is 28.8. The Morgan fingerprint density at radius 2 is 1.79 bits per heavy atom. The molecule has 1 amide bonds. The minimum absolute atomic E-state index is 0.00196. The zero-order valence-corrected chi connectivity index (χ0v) is 23.3. The van der Waals surface area contributed by atoms with E-state index in [2.05, 4.69) is 19.2 Å². The molecule has 6 nitrogen and oxygen atoms in total. The number of nitriles is 1. The van der Waals surface area contributed by atoms with Gasteiger partial charge < -0.3 is 15.0 Å². The monoisotopic (exact) mass is 550 g/mol. The van der Waals surface area contributed by atoms with Gasteiger partial charge in [0.2, 0.25) is 0 Å². The predicted molar refractivity (Wildman–Crippen MR) is 144 cm³/mol. The maximum atomic E-state index is 13.6. The number of thiocarbonyl (C=S) groups is 1. The van der Waals surface area contributed by atoms with Crippen molar-refractivity contribution in [2.75, 3.05) is 11.5 Å². The number of alkyl halides is 3. The van der Waals surface area contributed by atoms with Gasteiger partial charge in [0.25, 0.3) is 5.91 Å². The number of nitrogens with one attached hydrogen (secondary N) is 1. The van der Waals surface area contributed by atoms with Gasteiger partial charge in [0.1, 0.15) is 5.54 Å². The topological polar surface area (TPSA) is 68.6 Å². The van der Waals surface area contributed by atoms with Gasteiger partial charge in [-0.15, -0.1) is 0 Å². The van der Waals surface area contributed by atoms with Crippen LogP contribution >= 0.6 is 12.2 Å². The second-order valence-corrected chi connectivity index (χ2v) is 12.0. The van der Waals surface area contributed by atoms with E-state index in [1.807, 2.05) is 4.90 Å². The third kappa shape index (κ3) is 5.85. The SMILES string of the molecule is C[C@@H]1CC(CCOC2CCC(N3C(=S)N(c4ccc(C#N)c(C(F)(F)F)c4)C(=O)C3(C)C)CC2)C[C@H](C)N1. The number of carbonyl (C=O) groups is 1. The molecular weight excluding hydrogens is 513 g/mol. The highest BCUT2D eigenvalue weighted by atomic mass is 32.1. The molecule has 3 aliphatic rings. The second kappa shape index (κ2) is 11.1. The van der Waals surface area contributed by atoms with E-state index in [-0.39, 0.29) is 28.9 Å². The van der Waals surface area contributed by atoms with Crippen LogP contribution in [-0.2, 0) is 15.7 Å². The lowest BCUT2D eigenvalue weighted by atomic mass is 9.87. The minimum Gasteiger partial charge on any atom is -0.378 e. The maximum absolute atomic E-state index is 13.6. The summed E-state index contributed by atoms with van der Waals surface area (Å²) in [5, 5.41) is 12.9. The number of halogens is 3. The van der Waals surface area contributed by atoms with Crippen LogP contribution in [0.5, 0.6) is 0 Å². The molecule has 0 spiro atoms. The first-order valence-corrected chi connectivity index (χ1v) is 13.9. The third-order valence-corrected chi connectivity index (χ3v) is 8.62. The predicted octanol–water partition coefficient (Wildman–Crippen LogP) is 5.78. The van der Waals surface area contributed by atoms with Crippen molar-refractivity contribution < 1.29 is 22.7 Å². The molecule has 2 heterocycles. The average Bonchev–Trinajstić information content (AvgIpc) is 3.01. The number of anilines is 1. The van der Waals surface area contributed by atoms with E-state index in [1.54, 1.807) is 19.9 Å². The first-order chi connectivity index (χ1) is 17.8. The van der Waals surface area contributed by atoms with Crippen molar-refractivity contribution in [3.8, 4) is 6.07 Å². The van der Waals surface area contributed by atoms with Crippen molar-refractivity contribution in [3.05, 3.63) is 29.3 Å². The molecule has 1 unspecified atom stereocenters. The molecule has 3 atom stereocenters. The highest BCUT2D eigenvalue weighted by Gasteiger charge is 2.52. The van der Waals surface area contributed by atoms with Crippen LogP contribution in [0.4, 0.5) is 18.9 Å². The van der Waals surface area contributed by atoms with Gasteiger partial charge in [-0.05, 0) is 109 Å². The van der Waals surface area contributed by atoms with E-state index in [1.165, 1.54) is 23.8 Å². The minimum atomic E-state index is -4.72. The number of ether oxygens (including phenoxy) is 1. The molecule has 1 saturated carbocycles. The van der Waals surface area contributed by atoms with Crippen molar-refractivity contribution in [3.63, 3.8) is 0 Å². The summed E-state index contributed by atoms with van der Waals surface area (Å²) in [6, 6.07) is 5.95. The molecule has 208 valence electrons. The van der Waals surface area contributed by atoms with Crippen LogP contribution in [0.1, 0.15) is 83.8 Å². The summed E-state index contributed by atoms with van der Waals surface area (Å²) in [5.41, 5.74) is -2.53. The molecule has 1 N–H and O–H groups in total. The lowest BCUT2D eigenvalue weighted by Crippen LogP contribution is -2.51. The summed E-state index contributed by atoms with van der Waals surface area (Å²) in [6.07, 6.45) is 2.14. The van der Waals surface area contributed by atoms with Crippen molar-refractivity contribution in [1.29, 1.82) is 5.26 Å². The van der Waals surface area contributed by atoms with Gasteiger partial charge in [-0.1, -0.05) is 0 Å². The number of piperidine rings is 1. The lowest BCUT2D eigenvalue weighted by molar-refractivity contribution is -0.137. The Hall–Kier alpha value is -2.22. The highest BCUT2D eigenvalue weighted by Crippen LogP contribution is 2.40. The zero-order valence-electron chi connectivity index (χ0n) is 22.5. The summed E-state index contributed by atoms with van der Waals surface area (Å²) >= 11 is 5.69. The van der Waals surface area contributed by atoms with Crippen molar-refractivity contribution in [1.82, 2.24) is 10.2 Å². The van der Waals surface area contributed by atoms with E-state index in [0.717, 1.165) is 50.8 Å². The first-order valence-electron chi connectivity index (χ1n) is 13.5. The molecule has 3 fully saturated rings. The third-order valence-electron chi connectivity index (χ3n) is 8.24. The van der Waals surface area contributed by atoms with Gasteiger partial charge in [0, 0.05) is 24.7 Å². The Morgan fingerprint density at radius 3 is 2.37 bits per heavy atom. The average molecular weight is 551 g/mol. The summed E-state index contributed by atoms with van der Waals surface area (Å²) < 4.78 is 46.9. The summed E-state index contributed by atoms with van der Waals surface area (Å²) in [5.74, 6) is 0.307. The van der Waals surface area contributed by atoms with E-state index in [4.69, 9.17) is 22.2 Å². The van der Waals surface area contributed by atoms with Gasteiger partial charge in [-0.2, -0.15) is 18.4 Å². The summed E-state index contributed by atoms with van der Waals surface area (Å²) in [7, 11) is 0. The smallest absolute Gasteiger partial charge is 0.378 e. The summed E-state index contributed by atoms with van der Waals surface area (Å²) in [6.45, 7) is 8.74. The van der Waals surface area contributed by atoms with Crippen molar-refractivity contribution in [2.45, 2.75) is 109 Å². The Labute approximate surface area is 228 Å². The highest BCUT2D eigenvalue weighted by molar-refractivity contribution is 7.80. The van der Waals surface area contributed by atoms with Gasteiger partial charge >= 0.3 is 6.18 Å².